The van der Waals surface area contributed by atoms with Gasteiger partial charge in [0.2, 0.25) is 0 Å². The van der Waals surface area contributed by atoms with Crippen LogP contribution in [0.1, 0.15) is 5.69 Å². The lowest BCUT2D eigenvalue weighted by Gasteiger charge is -2.00. The Labute approximate surface area is 80.2 Å². The monoisotopic (exact) mass is 193 g/mol. The van der Waals surface area contributed by atoms with Gasteiger partial charge >= 0.3 is 0 Å². The van der Waals surface area contributed by atoms with Crippen LogP contribution >= 0.6 is 11.6 Å². The van der Waals surface area contributed by atoms with Crippen LogP contribution in [0.15, 0.2) is 29.1 Å². The first-order valence-electron chi connectivity index (χ1n) is 3.96. The molecule has 0 unspecified atom stereocenters. The number of rotatable bonds is 0. The molecule has 2 aromatic rings. The van der Waals surface area contributed by atoms with Crippen LogP contribution in [-0.4, -0.2) is 4.98 Å². The molecule has 2 nitrogen and oxygen atoms in total. The molecule has 1 N–H and O–H groups in total. The van der Waals surface area contributed by atoms with Crippen LogP contribution in [0.2, 0.25) is 5.02 Å². The van der Waals surface area contributed by atoms with E-state index in [0.29, 0.717) is 15.9 Å². The van der Waals surface area contributed by atoms with Gasteiger partial charge in [0.05, 0.1) is 10.5 Å². The SMILES string of the molecule is Cc1cc(=O)c2cccc(Cl)c2[nH]1. The number of pyridine rings is 1. The van der Waals surface area contributed by atoms with Gasteiger partial charge in [0.1, 0.15) is 0 Å². The van der Waals surface area contributed by atoms with Gasteiger partial charge in [-0.1, -0.05) is 17.7 Å². The largest absolute Gasteiger partial charge is 0.357 e. The second-order valence-corrected chi connectivity index (χ2v) is 3.39. The average molecular weight is 194 g/mol. The van der Waals surface area contributed by atoms with E-state index in [1.165, 1.54) is 0 Å². The molecule has 0 aliphatic rings. The molecule has 2 rings (SSSR count). The van der Waals surface area contributed by atoms with E-state index in [9.17, 15) is 4.79 Å². The van der Waals surface area contributed by atoms with Crippen molar-refractivity contribution in [2.24, 2.45) is 0 Å². The van der Waals surface area contributed by atoms with E-state index in [0.717, 1.165) is 5.69 Å². The van der Waals surface area contributed by atoms with Crippen molar-refractivity contribution in [1.29, 1.82) is 0 Å². The molecule has 0 aliphatic heterocycles. The predicted molar refractivity (Wildman–Crippen MR) is 54.3 cm³/mol. The summed E-state index contributed by atoms with van der Waals surface area (Å²) >= 11 is 5.93. The molecule has 0 radical (unpaired) electrons. The Balaban J connectivity index is 3.03. The van der Waals surface area contributed by atoms with E-state index in [2.05, 4.69) is 4.98 Å². The summed E-state index contributed by atoms with van der Waals surface area (Å²) in [6.07, 6.45) is 0. The molecule has 66 valence electrons. The number of aromatic nitrogens is 1. The fourth-order valence-corrected chi connectivity index (χ4v) is 1.59. The maximum absolute atomic E-state index is 11.5. The fourth-order valence-electron chi connectivity index (χ4n) is 1.36. The third kappa shape index (κ3) is 1.33. The molecule has 0 aliphatic carbocycles. The topological polar surface area (TPSA) is 32.9 Å². The molecule has 0 saturated heterocycles. The highest BCUT2D eigenvalue weighted by Crippen LogP contribution is 2.18. The summed E-state index contributed by atoms with van der Waals surface area (Å²) in [7, 11) is 0. The third-order valence-electron chi connectivity index (χ3n) is 1.95. The van der Waals surface area contributed by atoms with Gasteiger partial charge in [-0.3, -0.25) is 4.79 Å². The maximum atomic E-state index is 11.5. The zero-order valence-corrected chi connectivity index (χ0v) is 7.85. The van der Waals surface area contributed by atoms with Crippen molar-refractivity contribution in [3.63, 3.8) is 0 Å². The highest BCUT2D eigenvalue weighted by Gasteiger charge is 2.01. The molecule has 1 heterocycles. The molecular formula is C10H8ClNO. The number of hydrogen-bond acceptors (Lipinski definition) is 1. The number of aryl methyl sites for hydroxylation is 1. The maximum Gasteiger partial charge on any atom is 0.189 e. The van der Waals surface area contributed by atoms with Gasteiger partial charge in [0, 0.05) is 17.1 Å². The standard InChI is InChI=1S/C10H8ClNO/c1-6-5-9(13)7-3-2-4-8(11)10(7)12-6/h2-5H,1H3,(H,12,13). The molecule has 13 heavy (non-hydrogen) atoms. The van der Waals surface area contributed by atoms with Gasteiger partial charge in [-0.2, -0.15) is 0 Å². The quantitative estimate of drug-likeness (QED) is 0.685. The second kappa shape index (κ2) is 2.89. The summed E-state index contributed by atoms with van der Waals surface area (Å²) in [5, 5.41) is 1.22. The number of para-hydroxylation sites is 1. The summed E-state index contributed by atoms with van der Waals surface area (Å²) in [5.74, 6) is 0. The van der Waals surface area contributed by atoms with E-state index < -0.39 is 0 Å². The van der Waals surface area contributed by atoms with Gasteiger partial charge in [0.15, 0.2) is 5.43 Å². The van der Waals surface area contributed by atoms with Crippen molar-refractivity contribution in [2.45, 2.75) is 6.92 Å². The smallest absolute Gasteiger partial charge is 0.189 e. The minimum atomic E-state index is 0.00810. The first kappa shape index (κ1) is 8.32. The molecule has 0 atom stereocenters. The Morgan fingerprint density at radius 2 is 2.15 bits per heavy atom. The average Bonchev–Trinajstić information content (AvgIpc) is 2.07. The minimum Gasteiger partial charge on any atom is -0.357 e. The highest BCUT2D eigenvalue weighted by molar-refractivity contribution is 6.35. The minimum absolute atomic E-state index is 0.00810. The van der Waals surface area contributed by atoms with Gasteiger partial charge in [0.25, 0.3) is 0 Å². The van der Waals surface area contributed by atoms with Crippen LogP contribution in [0, 0.1) is 6.92 Å². The number of halogens is 1. The van der Waals surface area contributed by atoms with Crippen molar-refractivity contribution in [1.82, 2.24) is 4.98 Å². The molecule has 1 aromatic carbocycles. The molecule has 0 fully saturated rings. The Hall–Kier alpha value is -1.28. The lowest BCUT2D eigenvalue weighted by Crippen LogP contribution is -2.02. The lowest BCUT2D eigenvalue weighted by atomic mass is 10.2. The zero-order chi connectivity index (χ0) is 9.42. The summed E-state index contributed by atoms with van der Waals surface area (Å²) in [4.78, 5) is 14.5. The van der Waals surface area contributed by atoms with E-state index in [1.807, 2.05) is 6.92 Å². The molecule has 0 saturated carbocycles. The number of hydrogen-bond donors (Lipinski definition) is 1. The molecule has 1 aromatic heterocycles. The highest BCUT2D eigenvalue weighted by atomic mass is 35.5. The van der Waals surface area contributed by atoms with Crippen molar-refractivity contribution < 1.29 is 0 Å². The fraction of sp³-hybridized carbons (Fsp3) is 0.100. The Bertz CT molecular complexity index is 516. The summed E-state index contributed by atoms with van der Waals surface area (Å²) < 4.78 is 0. The molecule has 3 heteroatoms. The Kier molecular flexibility index (Phi) is 1.85. The van der Waals surface area contributed by atoms with Crippen LogP contribution in [0.3, 0.4) is 0 Å². The van der Waals surface area contributed by atoms with Crippen LogP contribution < -0.4 is 5.43 Å². The van der Waals surface area contributed by atoms with Crippen molar-refractivity contribution in [2.75, 3.05) is 0 Å². The van der Waals surface area contributed by atoms with E-state index in [1.54, 1.807) is 24.3 Å². The van der Waals surface area contributed by atoms with Gasteiger partial charge in [-0.25, -0.2) is 0 Å². The summed E-state index contributed by atoms with van der Waals surface area (Å²) in [5.41, 5.74) is 1.55. The zero-order valence-electron chi connectivity index (χ0n) is 7.10. The normalized spacial score (nSPS) is 10.6. The molecular weight excluding hydrogens is 186 g/mol. The number of nitrogens with one attached hydrogen (secondary N) is 1. The van der Waals surface area contributed by atoms with Crippen molar-refractivity contribution >= 4 is 22.5 Å². The predicted octanol–water partition coefficient (Wildman–Crippen LogP) is 2.49. The Morgan fingerprint density at radius 3 is 2.92 bits per heavy atom. The number of aromatic amines is 1. The van der Waals surface area contributed by atoms with Crippen molar-refractivity contribution in [3.8, 4) is 0 Å². The van der Waals surface area contributed by atoms with Gasteiger partial charge < -0.3 is 4.98 Å². The van der Waals surface area contributed by atoms with Crippen LogP contribution in [0.4, 0.5) is 0 Å². The summed E-state index contributed by atoms with van der Waals surface area (Å²) in [6, 6.07) is 6.87. The lowest BCUT2D eigenvalue weighted by molar-refractivity contribution is 1.24. The van der Waals surface area contributed by atoms with Gasteiger partial charge in [-0.15, -0.1) is 0 Å². The van der Waals surface area contributed by atoms with Gasteiger partial charge in [-0.05, 0) is 19.1 Å². The first-order chi connectivity index (χ1) is 6.18. The van der Waals surface area contributed by atoms with E-state index in [4.69, 9.17) is 11.6 Å². The number of H-pyrrole nitrogens is 1. The molecule has 0 amide bonds. The second-order valence-electron chi connectivity index (χ2n) is 2.98. The molecule has 0 bridgehead atoms. The van der Waals surface area contributed by atoms with E-state index >= 15 is 0 Å². The first-order valence-corrected chi connectivity index (χ1v) is 4.34. The van der Waals surface area contributed by atoms with Crippen LogP contribution in [-0.2, 0) is 0 Å². The van der Waals surface area contributed by atoms with E-state index in [-0.39, 0.29) is 5.43 Å². The number of fused-ring (bicyclic) bond motifs is 1. The van der Waals surface area contributed by atoms with Crippen molar-refractivity contribution in [3.05, 3.63) is 45.2 Å². The Morgan fingerprint density at radius 1 is 1.38 bits per heavy atom. The summed E-state index contributed by atoms with van der Waals surface area (Å²) in [6.45, 7) is 1.84. The third-order valence-corrected chi connectivity index (χ3v) is 2.26. The molecule has 0 spiro atoms. The van der Waals surface area contributed by atoms with Crippen LogP contribution in [0.5, 0.6) is 0 Å². The van der Waals surface area contributed by atoms with Crippen LogP contribution in [0.25, 0.3) is 10.9 Å². The number of benzene rings is 1.